The van der Waals surface area contributed by atoms with Crippen LogP contribution in [-0.2, 0) is 25.5 Å². The first-order valence-electron chi connectivity index (χ1n) is 11.1. The molecule has 10 nitrogen and oxygen atoms in total. The molecule has 36 heavy (non-hydrogen) atoms. The van der Waals surface area contributed by atoms with Gasteiger partial charge in [-0.15, -0.1) is 0 Å². The van der Waals surface area contributed by atoms with Crippen LogP contribution >= 0.6 is 11.6 Å². The van der Waals surface area contributed by atoms with Crippen LogP contribution in [0.15, 0.2) is 48.5 Å². The molecule has 2 aromatic carbocycles. The molecule has 2 N–H and O–H groups in total. The number of aliphatic carboxylic acids is 1. The summed E-state index contributed by atoms with van der Waals surface area (Å²) >= 11 is 6.01. The molecule has 0 spiro atoms. The summed E-state index contributed by atoms with van der Waals surface area (Å²) in [6, 6.07) is 11.2. The first-order chi connectivity index (χ1) is 17.1. The van der Waals surface area contributed by atoms with Crippen LogP contribution in [-0.4, -0.2) is 66.0 Å². The van der Waals surface area contributed by atoms with Gasteiger partial charge in [0.15, 0.2) is 5.78 Å². The molecule has 1 fully saturated rings. The van der Waals surface area contributed by atoms with Gasteiger partial charge < -0.3 is 24.8 Å². The van der Waals surface area contributed by atoms with Crippen LogP contribution in [0.25, 0.3) is 0 Å². The van der Waals surface area contributed by atoms with Crippen molar-refractivity contribution in [1.82, 2.24) is 10.2 Å². The molecule has 2 aromatic rings. The summed E-state index contributed by atoms with van der Waals surface area (Å²) in [5.74, 6) is -4.25. The van der Waals surface area contributed by atoms with Gasteiger partial charge in [-0.05, 0) is 29.8 Å². The fourth-order valence-electron chi connectivity index (χ4n) is 3.81. The van der Waals surface area contributed by atoms with Crippen LogP contribution in [0.3, 0.4) is 0 Å². The van der Waals surface area contributed by atoms with Crippen molar-refractivity contribution in [3.63, 3.8) is 0 Å². The topological polar surface area (TPSA) is 139 Å². The van der Waals surface area contributed by atoms with Crippen molar-refractivity contribution < 1.29 is 38.6 Å². The number of methoxy groups -OCH3 is 1. The molecule has 1 aliphatic heterocycles. The van der Waals surface area contributed by atoms with Crippen LogP contribution in [0.2, 0.25) is 5.02 Å². The third-order valence-corrected chi connectivity index (χ3v) is 6.09. The number of esters is 1. The first kappa shape index (κ1) is 26.7. The molecule has 0 aliphatic carbocycles. The second-order valence-electron chi connectivity index (χ2n) is 8.34. The molecule has 3 atom stereocenters. The van der Waals surface area contributed by atoms with Gasteiger partial charge in [-0.25, -0.2) is 9.59 Å². The number of piperidine rings is 1. The summed E-state index contributed by atoms with van der Waals surface area (Å²) in [5.41, 5.74) is 0.737. The number of nitrogens with zero attached hydrogens (tertiary/aromatic N) is 1. The molecular weight excluding hydrogens is 492 g/mol. The standard InChI is InChI=1S/C25H25ClN2O8/c1-14-12-28(13-18(21(14)29)24(33)35-2)25(34)36-16-9-7-15(8-10-16)11-20(23(31)32)27-22(30)17-5-3-4-6-19(17)26/h3-10,14,18,20H,11-13H2,1-2H3,(H,27,30)(H,31,32)/t14?,18?,20-/m0/s1. The van der Waals surface area contributed by atoms with Gasteiger partial charge in [0.2, 0.25) is 0 Å². The van der Waals surface area contributed by atoms with E-state index in [9.17, 15) is 29.1 Å². The van der Waals surface area contributed by atoms with Crippen LogP contribution < -0.4 is 10.1 Å². The fraction of sp³-hybridized carbons (Fsp3) is 0.320. The maximum atomic E-state index is 12.6. The number of carboxylic acid groups (broad SMARTS) is 1. The average molecular weight is 517 g/mol. The Morgan fingerprint density at radius 3 is 2.39 bits per heavy atom. The van der Waals surface area contributed by atoms with Crippen LogP contribution in [0.4, 0.5) is 4.79 Å². The summed E-state index contributed by atoms with van der Waals surface area (Å²) in [7, 11) is 1.18. The highest BCUT2D eigenvalue weighted by atomic mass is 35.5. The van der Waals surface area contributed by atoms with E-state index in [4.69, 9.17) is 16.3 Å². The molecule has 1 saturated heterocycles. The molecule has 0 radical (unpaired) electrons. The lowest BCUT2D eigenvalue weighted by atomic mass is 9.89. The minimum Gasteiger partial charge on any atom is -0.480 e. The van der Waals surface area contributed by atoms with Gasteiger partial charge in [-0.1, -0.05) is 42.8 Å². The van der Waals surface area contributed by atoms with Gasteiger partial charge in [-0.2, -0.15) is 0 Å². The zero-order valence-corrected chi connectivity index (χ0v) is 20.4. The number of ether oxygens (including phenoxy) is 2. The lowest BCUT2D eigenvalue weighted by Crippen LogP contribution is -2.51. The Balaban J connectivity index is 1.62. The Kier molecular flexibility index (Phi) is 8.65. The van der Waals surface area contributed by atoms with Crippen molar-refractivity contribution >= 4 is 41.3 Å². The number of carbonyl (C=O) groups excluding carboxylic acids is 4. The zero-order chi connectivity index (χ0) is 26.4. The Morgan fingerprint density at radius 2 is 1.78 bits per heavy atom. The summed E-state index contributed by atoms with van der Waals surface area (Å²) in [6.07, 6.45) is -0.752. The molecule has 1 aliphatic rings. The smallest absolute Gasteiger partial charge is 0.415 e. The van der Waals surface area contributed by atoms with E-state index in [-0.39, 0.29) is 41.6 Å². The Hall–Kier alpha value is -3.92. The van der Waals surface area contributed by atoms with E-state index in [1.54, 1.807) is 31.2 Å². The van der Waals surface area contributed by atoms with Gasteiger partial charge in [0.05, 0.1) is 17.7 Å². The fourth-order valence-corrected chi connectivity index (χ4v) is 4.03. The van der Waals surface area contributed by atoms with Gasteiger partial charge in [0.25, 0.3) is 5.91 Å². The average Bonchev–Trinajstić information content (AvgIpc) is 2.85. The molecule has 1 heterocycles. The maximum Gasteiger partial charge on any atom is 0.415 e. The number of hydrogen-bond donors (Lipinski definition) is 2. The van der Waals surface area contributed by atoms with Crippen molar-refractivity contribution in [3.8, 4) is 5.75 Å². The Labute approximate surface area is 212 Å². The summed E-state index contributed by atoms with van der Waals surface area (Å²) in [6.45, 7) is 1.59. The van der Waals surface area contributed by atoms with Crippen molar-refractivity contribution in [2.24, 2.45) is 11.8 Å². The second kappa shape index (κ2) is 11.7. The normalized spacial score (nSPS) is 18.2. The number of halogens is 1. The molecule has 2 amide bonds. The molecular formula is C25H25ClN2O8. The third kappa shape index (κ3) is 6.39. The molecule has 0 saturated carbocycles. The minimum absolute atomic E-state index is 0.0215. The number of carboxylic acids is 1. The number of carbonyl (C=O) groups is 5. The van der Waals surface area contributed by atoms with E-state index >= 15 is 0 Å². The van der Waals surface area contributed by atoms with Gasteiger partial charge in [-0.3, -0.25) is 14.4 Å². The molecule has 190 valence electrons. The van der Waals surface area contributed by atoms with E-state index in [2.05, 4.69) is 10.1 Å². The van der Waals surface area contributed by atoms with Crippen LogP contribution in [0, 0.1) is 11.8 Å². The molecule has 3 rings (SSSR count). The number of Topliss-reactive ketones (excluding diaryl/α,β-unsaturated/α-hetero) is 1. The van der Waals surface area contributed by atoms with Crippen molar-refractivity contribution in [3.05, 3.63) is 64.7 Å². The molecule has 0 aromatic heterocycles. The number of likely N-dealkylation sites (tertiary alicyclic amines) is 1. The number of nitrogens with one attached hydrogen (secondary N) is 1. The Bertz CT molecular complexity index is 1170. The minimum atomic E-state index is -1.22. The van der Waals surface area contributed by atoms with Crippen molar-refractivity contribution in [1.29, 1.82) is 0 Å². The highest BCUT2D eigenvalue weighted by Gasteiger charge is 2.40. The first-order valence-corrected chi connectivity index (χ1v) is 11.4. The monoisotopic (exact) mass is 516 g/mol. The zero-order valence-electron chi connectivity index (χ0n) is 19.6. The predicted molar refractivity (Wildman–Crippen MR) is 128 cm³/mol. The predicted octanol–water partition coefficient (Wildman–Crippen LogP) is 2.57. The van der Waals surface area contributed by atoms with E-state index in [0.717, 1.165) is 0 Å². The summed E-state index contributed by atoms with van der Waals surface area (Å²) < 4.78 is 10.0. The van der Waals surface area contributed by atoms with E-state index < -0.39 is 41.8 Å². The van der Waals surface area contributed by atoms with Gasteiger partial charge >= 0.3 is 18.0 Å². The second-order valence-corrected chi connectivity index (χ2v) is 8.75. The van der Waals surface area contributed by atoms with Crippen molar-refractivity contribution in [2.45, 2.75) is 19.4 Å². The largest absolute Gasteiger partial charge is 0.480 e. The number of ketones is 1. The van der Waals surface area contributed by atoms with Crippen LogP contribution in [0.5, 0.6) is 5.75 Å². The van der Waals surface area contributed by atoms with Crippen molar-refractivity contribution in [2.75, 3.05) is 20.2 Å². The van der Waals surface area contributed by atoms with E-state index in [1.807, 2.05) is 0 Å². The quantitative estimate of drug-likeness (QED) is 0.423. The van der Waals surface area contributed by atoms with E-state index in [0.29, 0.717) is 5.56 Å². The van der Waals surface area contributed by atoms with E-state index in [1.165, 1.54) is 36.3 Å². The highest BCUT2D eigenvalue weighted by molar-refractivity contribution is 6.33. The highest BCUT2D eigenvalue weighted by Crippen LogP contribution is 2.22. The number of rotatable bonds is 7. The number of benzene rings is 2. The molecule has 2 unspecified atom stereocenters. The van der Waals surface area contributed by atoms with Crippen LogP contribution in [0.1, 0.15) is 22.8 Å². The lowest BCUT2D eigenvalue weighted by molar-refractivity contribution is -0.153. The molecule has 0 bridgehead atoms. The number of hydrogen-bond acceptors (Lipinski definition) is 7. The third-order valence-electron chi connectivity index (χ3n) is 5.76. The lowest BCUT2D eigenvalue weighted by Gasteiger charge is -2.33. The maximum absolute atomic E-state index is 12.6. The Morgan fingerprint density at radius 1 is 1.11 bits per heavy atom. The van der Waals surface area contributed by atoms with Gasteiger partial charge in [0, 0.05) is 25.4 Å². The van der Waals surface area contributed by atoms with Gasteiger partial charge in [0.1, 0.15) is 17.7 Å². The summed E-state index contributed by atoms with van der Waals surface area (Å²) in [5, 5.41) is 12.2. The summed E-state index contributed by atoms with van der Waals surface area (Å²) in [4.78, 5) is 62.2. The number of amides is 2. The SMILES string of the molecule is COC(=O)C1CN(C(=O)Oc2ccc(C[C@H](NC(=O)c3ccccc3Cl)C(=O)O)cc2)CC(C)C1=O. The molecule has 11 heteroatoms.